The molecule has 0 rings (SSSR count). The van der Waals surface area contributed by atoms with E-state index < -0.39 is 86.2 Å². The normalized spacial score (nSPS) is 20.8. The van der Waals surface area contributed by atoms with Crippen LogP contribution in [0.1, 0.15) is 0 Å². The fraction of sp³-hybridized carbons (Fsp3) is 0.857. The topological polar surface area (TPSA) is 323 Å². The monoisotopic (exact) mass is 490 g/mol. The zero-order chi connectivity index (χ0) is 24.3. The maximum absolute atomic E-state index is 10.1. The summed E-state index contributed by atoms with van der Waals surface area (Å²) in [5.41, 5.74) is 0. The van der Waals surface area contributed by atoms with E-state index in [1.54, 1.807) is 0 Å². The van der Waals surface area contributed by atoms with E-state index in [1.165, 1.54) is 0 Å². The summed E-state index contributed by atoms with van der Waals surface area (Å²) >= 11 is 0. The van der Waals surface area contributed by atoms with Crippen LogP contribution < -0.4 is 10.2 Å². The predicted molar refractivity (Wildman–Crippen MR) is 90.0 cm³/mol. The second-order valence-corrected chi connectivity index (χ2v) is 5.97. The minimum absolute atomic E-state index is 0. The van der Waals surface area contributed by atoms with Gasteiger partial charge in [0, 0.05) is 37.7 Å². The van der Waals surface area contributed by atoms with Gasteiger partial charge in [-0.3, -0.25) is 0 Å². The van der Waals surface area contributed by atoms with Crippen molar-refractivity contribution in [1.82, 2.24) is 0 Å². The van der Waals surface area contributed by atoms with Crippen molar-refractivity contribution < 1.29 is 81.1 Å². The van der Waals surface area contributed by atoms with Gasteiger partial charge in [0.05, 0.1) is 25.2 Å². The largest absolute Gasteiger partial charge is 0.547 e. The molecule has 0 aromatic heterocycles. The molecule has 0 saturated heterocycles. The summed E-state index contributed by atoms with van der Waals surface area (Å²) in [6.07, 6.45) is -21.0. The van der Waals surface area contributed by atoms with Crippen LogP contribution in [-0.2, 0) is 9.59 Å². The van der Waals surface area contributed by atoms with Gasteiger partial charge in [-0.25, -0.2) is 0 Å². The molecule has 0 aliphatic rings. The summed E-state index contributed by atoms with van der Waals surface area (Å²) in [6, 6.07) is 0. The van der Waals surface area contributed by atoms with Crippen LogP contribution in [0.2, 0.25) is 0 Å². The number of rotatable bonds is 12. The minimum Gasteiger partial charge on any atom is -0.547 e. The van der Waals surface area contributed by atoms with Crippen molar-refractivity contribution in [3.63, 3.8) is 0 Å². The number of carbonyl (C=O) groups is 2. The van der Waals surface area contributed by atoms with Gasteiger partial charge < -0.3 is 81.1 Å². The number of carboxylic acids is 2. The molecule has 2 radical (unpaired) electrons. The van der Waals surface area contributed by atoms with Crippen LogP contribution in [0, 0.1) is 0 Å². The number of aliphatic hydroxyl groups excluding tert-OH is 12. The Morgan fingerprint density at radius 2 is 0.742 bits per heavy atom. The number of carbonyl (C=O) groups excluding carboxylic acids is 2. The summed E-state index contributed by atoms with van der Waals surface area (Å²) in [7, 11) is 0. The zero-order valence-electron chi connectivity index (χ0n) is 15.9. The molecule has 0 aromatic rings. The van der Waals surface area contributed by atoms with Gasteiger partial charge in [-0.05, 0) is 0 Å². The molecular weight excluding hydrogens is 464 g/mol. The van der Waals surface area contributed by atoms with Crippen molar-refractivity contribution in [3.8, 4) is 0 Å². The first-order valence-corrected chi connectivity index (χ1v) is 8.09. The standard InChI is InChI=1S/2C7H14O8.Ca/c2*8-1-2(9)3(10)4(11)5(12)6(13)7(14)15;/h2*2-6,8-13H,1H2,(H,14,15);/p-2/t2*2-,3-,4+,5-,6-;/m11./s1. The molecule has 0 aromatic carbocycles. The third-order valence-corrected chi connectivity index (χ3v) is 3.69. The van der Waals surface area contributed by atoms with Crippen molar-refractivity contribution in [1.29, 1.82) is 0 Å². The molecule has 10 atom stereocenters. The van der Waals surface area contributed by atoms with Crippen molar-refractivity contribution in [2.45, 2.75) is 61.0 Å². The number of carboxylic acid groups (broad SMARTS) is 2. The number of aliphatic hydroxyl groups is 12. The van der Waals surface area contributed by atoms with Gasteiger partial charge in [-0.15, -0.1) is 0 Å². The van der Waals surface area contributed by atoms with Gasteiger partial charge in [0.2, 0.25) is 0 Å². The molecule has 12 N–H and O–H groups in total. The van der Waals surface area contributed by atoms with Crippen LogP contribution in [-0.4, -0.2) is 185 Å². The molecule has 0 spiro atoms. The summed E-state index contributed by atoms with van der Waals surface area (Å²) in [5.74, 6) is -4.07. The average Bonchev–Trinajstić information content (AvgIpc) is 2.73. The first-order chi connectivity index (χ1) is 13.6. The van der Waals surface area contributed by atoms with E-state index in [0.717, 1.165) is 0 Å². The molecule has 0 bridgehead atoms. The maximum Gasteiger partial charge on any atom is 0.122 e. The van der Waals surface area contributed by atoms with E-state index in [9.17, 15) is 19.8 Å². The molecule has 17 heteroatoms. The second kappa shape index (κ2) is 17.2. The molecular formula is C14H26CaO16-2. The van der Waals surface area contributed by atoms with Gasteiger partial charge in [0.25, 0.3) is 0 Å². The Morgan fingerprint density at radius 1 is 0.516 bits per heavy atom. The second-order valence-electron chi connectivity index (χ2n) is 5.97. The zero-order valence-corrected chi connectivity index (χ0v) is 18.1. The Kier molecular flexibility index (Phi) is 19.6. The van der Waals surface area contributed by atoms with Crippen LogP contribution in [0.4, 0.5) is 0 Å². The molecule has 0 unspecified atom stereocenters. The van der Waals surface area contributed by atoms with E-state index in [4.69, 9.17) is 61.3 Å². The molecule has 16 nitrogen and oxygen atoms in total. The SMILES string of the molecule is O=C([O-])[C@H](O)[C@H](O)[C@@H](O)[C@H](O)[C@H](O)CO.O=C([O-])[C@H](O)[C@H](O)[C@@H](O)[C@H](O)[C@H](O)CO.[Ca]. The number of aliphatic carboxylic acids is 2. The maximum atomic E-state index is 10.1. The first-order valence-electron chi connectivity index (χ1n) is 8.09. The van der Waals surface area contributed by atoms with Crippen LogP contribution in [0.25, 0.3) is 0 Å². The predicted octanol–water partition coefficient (Wildman–Crippen LogP) is -11.3. The molecule has 0 amide bonds. The first kappa shape index (κ1) is 35.3. The molecule has 0 saturated carbocycles. The van der Waals surface area contributed by atoms with E-state index in [2.05, 4.69) is 0 Å². The number of hydrogen-bond donors (Lipinski definition) is 12. The van der Waals surface area contributed by atoms with E-state index in [1.807, 2.05) is 0 Å². The summed E-state index contributed by atoms with van der Waals surface area (Å²) in [4.78, 5) is 20.2. The van der Waals surface area contributed by atoms with Crippen LogP contribution >= 0.6 is 0 Å². The van der Waals surface area contributed by atoms with E-state index in [0.29, 0.717) is 0 Å². The molecule has 0 fully saturated rings. The Morgan fingerprint density at radius 3 is 0.903 bits per heavy atom. The summed E-state index contributed by atoms with van der Waals surface area (Å²) in [6.45, 7) is -1.79. The Hall–Kier alpha value is -0.280. The van der Waals surface area contributed by atoms with Crippen LogP contribution in [0.5, 0.6) is 0 Å². The summed E-state index contributed by atoms with van der Waals surface area (Å²) in [5, 5.41) is 126. The third kappa shape index (κ3) is 11.9. The number of hydrogen-bond acceptors (Lipinski definition) is 16. The van der Waals surface area contributed by atoms with Crippen LogP contribution in [0.3, 0.4) is 0 Å². The average molecular weight is 490 g/mol. The van der Waals surface area contributed by atoms with E-state index in [-0.39, 0.29) is 37.7 Å². The fourth-order valence-electron chi connectivity index (χ4n) is 1.73. The molecule has 0 aliphatic heterocycles. The Bertz CT molecular complexity index is 465. The van der Waals surface area contributed by atoms with Crippen molar-refractivity contribution in [2.24, 2.45) is 0 Å². The van der Waals surface area contributed by atoms with Gasteiger partial charge in [-0.2, -0.15) is 0 Å². The Balaban J connectivity index is -0.000000490. The van der Waals surface area contributed by atoms with Gasteiger partial charge in [0.1, 0.15) is 61.0 Å². The van der Waals surface area contributed by atoms with Crippen molar-refractivity contribution >= 4 is 49.7 Å². The third-order valence-electron chi connectivity index (χ3n) is 3.69. The molecule has 182 valence electrons. The van der Waals surface area contributed by atoms with Crippen molar-refractivity contribution in [2.75, 3.05) is 13.2 Å². The molecule has 0 heterocycles. The molecule has 31 heavy (non-hydrogen) atoms. The molecule has 0 aliphatic carbocycles. The van der Waals surface area contributed by atoms with Crippen LogP contribution in [0.15, 0.2) is 0 Å². The van der Waals surface area contributed by atoms with Gasteiger partial charge >= 0.3 is 0 Å². The van der Waals surface area contributed by atoms with Gasteiger partial charge in [-0.1, -0.05) is 0 Å². The quantitative estimate of drug-likeness (QED) is 0.113. The minimum atomic E-state index is -2.40. The van der Waals surface area contributed by atoms with Gasteiger partial charge in [0.15, 0.2) is 0 Å². The van der Waals surface area contributed by atoms with E-state index >= 15 is 0 Å². The van der Waals surface area contributed by atoms with Crippen molar-refractivity contribution in [3.05, 3.63) is 0 Å². The Labute approximate surface area is 204 Å². The smallest absolute Gasteiger partial charge is 0.122 e. The fourth-order valence-corrected chi connectivity index (χ4v) is 1.73. The summed E-state index contributed by atoms with van der Waals surface area (Å²) < 4.78 is 0.